The smallest absolute Gasteiger partial charge is 0.186 e. The maximum atomic E-state index is 9.18. The van der Waals surface area contributed by atoms with Crippen molar-refractivity contribution < 1.29 is 14.3 Å². The first-order chi connectivity index (χ1) is 16.5. The lowest BCUT2D eigenvalue weighted by Crippen LogP contribution is -2.27. The van der Waals surface area contributed by atoms with Crippen molar-refractivity contribution in [2.45, 2.75) is 52.1 Å². The van der Waals surface area contributed by atoms with Crippen LogP contribution < -0.4 is 9.80 Å². The van der Waals surface area contributed by atoms with Gasteiger partial charge in [-0.25, -0.2) is 0 Å². The first-order valence-electron chi connectivity index (χ1n) is 11.8. The topological polar surface area (TPSA) is 92.8 Å². The van der Waals surface area contributed by atoms with Gasteiger partial charge >= 0.3 is 0 Å². The molecular formula is C28H45ClN4O3Si. The van der Waals surface area contributed by atoms with Gasteiger partial charge < -0.3 is 24.1 Å². The van der Waals surface area contributed by atoms with E-state index < -0.39 is 20.5 Å². The van der Waals surface area contributed by atoms with Gasteiger partial charge in [-0.3, -0.25) is 0 Å². The quantitative estimate of drug-likeness (QED) is 0.333. The third-order valence-corrected chi connectivity index (χ3v) is 5.92. The third-order valence-electron chi connectivity index (χ3n) is 4.98. The monoisotopic (exact) mass is 548 g/mol. The molecule has 1 N–H and O–H groups in total. The summed E-state index contributed by atoms with van der Waals surface area (Å²) in [6.07, 6.45) is 1.09. The molecule has 2 atom stereocenters. The van der Waals surface area contributed by atoms with Crippen LogP contribution in [0.2, 0.25) is 19.6 Å². The Morgan fingerprint density at radius 1 is 0.811 bits per heavy atom. The van der Waals surface area contributed by atoms with Crippen molar-refractivity contribution in [3.05, 3.63) is 59.7 Å². The Bertz CT molecular complexity index is 938. The molecule has 1 saturated heterocycles. The largest absolute Gasteiger partial charge is 0.399 e. The number of aliphatic hydroxyl groups excluding tert-OH is 1. The van der Waals surface area contributed by atoms with E-state index >= 15 is 0 Å². The molecule has 1 aliphatic rings. The van der Waals surface area contributed by atoms with E-state index in [1.165, 1.54) is 12.8 Å². The number of nitrogens with zero attached hydrogens (tertiary/aromatic N) is 4. The van der Waals surface area contributed by atoms with Gasteiger partial charge in [0.25, 0.3) is 0 Å². The van der Waals surface area contributed by atoms with Crippen LogP contribution in [0.5, 0.6) is 0 Å². The number of halogens is 1. The van der Waals surface area contributed by atoms with Crippen LogP contribution in [0.1, 0.15) is 43.6 Å². The zero-order chi connectivity index (χ0) is 26.4. The molecule has 2 aromatic rings. The summed E-state index contributed by atoms with van der Waals surface area (Å²) in [6.45, 7) is 8.27. The van der Waals surface area contributed by atoms with Gasteiger partial charge in [-0.15, -0.1) is 12.4 Å². The number of hydrogen-bond donors (Lipinski definition) is 1. The highest BCUT2D eigenvalue weighted by Crippen LogP contribution is 2.23. The van der Waals surface area contributed by atoms with Gasteiger partial charge in [-0.2, -0.15) is 10.5 Å². The molecule has 1 fully saturated rings. The predicted molar refractivity (Wildman–Crippen MR) is 159 cm³/mol. The van der Waals surface area contributed by atoms with Crippen LogP contribution in [-0.2, 0) is 9.16 Å². The Kier molecular flexibility index (Phi) is 18.4. The Labute approximate surface area is 231 Å². The van der Waals surface area contributed by atoms with E-state index in [0.29, 0.717) is 5.56 Å². The van der Waals surface area contributed by atoms with E-state index in [1.54, 1.807) is 18.2 Å². The second kappa shape index (κ2) is 18.6. The van der Waals surface area contributed by atoms with Crippen molar-refractivity contribution in [1.29, 1.82) is 10.5 Å². The average molecular weight is 549 g/mol. The number of rotatable bonds is 6. The summed E-state index contributed by atoms with van der Waals surface area (Å²) in [5.74, 6) is 0. The van der Waals surface area contributed by atoms with E-state index in [4.69, 9.17) is 19.7 Å². The number of hydrogen-bond acceptors (Lipinski definition) is 7. The van der Waals surface area contributed by atoms with Crippen LogP contribution in [0.4, 0.5) is 11.4 Å². The molecule has 3 rings (SSSR count). The lowest BCUT2D eigenvalue weighted by atomic mass is 10.1. The van der Waals surface area contributed by atoms with Crippen molar-refractivity contribution in [2.75, 3.05) is 51.2 Å². The molecule has 1 aliphatic heterocycles. The van der Waals surface area contributed by atoms with Gasteiger partial charge in [-0.05, 0) is 67.9 Å². The number of nitriles is 2. The molecule has 1 heterocycles. The van der Waals surface area contributed by atoms with Crippen molar-refractivity contribution in [1.82, 2.24) is 0 Å². The SMILES string of the molecule is C.C1CCOC1.CN(C)c1ccc(C(C#N)O[Si](C)(C)C)cc1.CN(C)c1ccc(C(O)C#N)cc1.Cl. The van der Waals surface area contributed by atoms with Crippen LogP contribution in [0.3, 0.4) is 0 Å². The molecule has 0 spiro atoms. The van der Waals surface area contributed by atoms with Gasteiger partial charge in [-0.1, -0.05) is 31.7 Å². The third kappa shape index (κ3) is 14.7. The summed E-state index contributed by atoms with van der Waals surface area (Å²) in [5, 5.41) is 26.8. The van der Waals surface area contributed by atoms with Crippen LogP contribution >= 0.6 is 12.4 Å². The fourth-order valence-electron chi connectivity index (χ4n) is 3.01. The van der Waals surface area contributed by atoms with Crippen molar-refractivity contribution in [2.24, 2.45) is 0 Å². The fourth-order valence-corrected chi connectivity index (χ4v) is 3.91. The maximum absolute atomic E-state index is 9.18. The lowest BCUT2D eigenvalue weighted by Gasteiger charge is -2.22. The molecule has 7 nitrogen and oxygen atoms in total. The highest BCUT2D eigenvalue weighted by Gasteiger charge is 2.22. The molecule has 0 aromatic heterocycles. The zero-order valence-electron chi connectivity index (χ0n) is 22.6. The first-order valence-corrected chi connectivity index (χ1v) is 15.2. The lowest BCUT2D eigenvalue weighted by molar-refractivity contribution is 0.198. The first kappa shape index (κ1) is 36.6. The molecule has 206 valence electrons. The van der Waals surface area contributed by atoms with E-state index in [2.05, 4.69) is 25.7 Å². The molecule has 2 unspecified atom stereocenters. The van der Waals surface area contributed by atoms with Crippen LogP contribution in [0, 0.1) is 22.7 Å². The summed E-state index contributed by atoms with van der Waals surface area (Å²) in [5.41, 5.74) is 3.74. The maximum Gasteiger partial charge on any atom is 0.186 e. The van der Waals surface area contributed by atoms with Gasteiger partial charge in [0.1, 0.15) is 0 Å². The number of ether oxygens (including phenoxy) is 1. The molecule has 37 heavy (non-hydrogen) atoms. The zero-order valence-corrected chi connectivity index (χ0v) is 24.4. The molecule has 0 saturated carbocycles. The normalized spacial score (nSPS) is 13.4. The van der Waals surface area contributed by atoms with Crippen molar-refractivity contribution >= 4 is 32.1 Å². The van der Waals surface area contributed by atoms with Crippen molar-refractivity contribution in [3.63, 3.8) is 0 Å². The van der Waals surface area contributed by atoms with Crippen molar-refractivity contribution in [3.8, 4) is 12.1 Å². The minimum atomic E-state index is -1.69. The van der Waals surface area contributed by atoms with E-state index in [-0.39, 0.29) is 19.8 Å². The number of aliphatic hydroxyl groups is 1. The molecule has 2 aromatic carbocycles. The molecule has 0 bridgehead atoms. The van der Waals surface area contributed by atoms with Gasteiger partial charge in [0.15, 0.2) is 20.5 Å². The summed E-state index contributed by atoms with van der Waals surface area (Å²) in [4.78, 5) is 3.99. The average Bonchev–Trinajstić information content (AvgIpc) is 3.42. The van der Waals surface area contributed by atoms with Crippen LogP contribution in [0.15, 0.2) is 48.5 Å². The number of benzene rings is 2. The van der Waals surface area contributed by atoms with Gasteiger partial charge in [0, 0.05) is 52.8 Å². The second-order valence-electron chi connectivity index (χ2n) is 9.56. The highest BCUT2D eigenvalue weighted by molar-refractivity contribution is 6.69. The predicted octanol–water partition coefficient (Wildman–Crippen LogP) is 6.33. The minimum Gasteiger partial charge on any atom is -0.399 e. The fraction of sp³-hybridized carbons (Fsp3) is 0.500. The molecule has 0 aliphatic carbocycles. The summed E-state index contributed by atoms with van der Waals surface area (Å²) in [7, 11) is 6.18. The Balaban J connectivity index is 0. The summed E-state index contributed by atoms with van der Waals surface area (Å²) < 4.78 is 10.8. The van der Waals surface area contributed by atoms with Gasteiger partial charge in [0.2, 0.25) is 0 Å². The van der Waals surface area contributed by atoms with E-state index in [9.17, 15) is 5.11 Å². The molecule has 0 radical (unpaired) electrons. The highest BCUT2D eigenvalue weighted by atomic mass is 35.5. The summed E-state index contributed by atoms with van der Waals surface area (Å²) in [6, 6.07) is 19.2. The summed E-state index contributed by atoms with van der Waals surface area (Å²) >= 11 is 0. The Morgan fingerprint density at radius 3 is 1.49 bits per heavy atom. The van der Waals surface area contributed by atoms with E-state index in [1.807, 2.05) is 74.4 Å². The Morgan fingerprint density at radius 2 is 1.22 bits per heavy atom. The number of anilines is 2. The Hall–Kier alpha value is -2.59. The van der Waals surface area contributed by atoms with Crippen LogP contribution in [0.25, 0.3) is 0 Å². The van der Waals surface area contributed by atoms with E-state index in [0.717, 1.165) is 30.2 Å². The minimum absolute atomic E-state index is 0. The second-order valence-corrected chi connectivity index (χ2v) is 14.0. The van der Waals surface area contributed by atoms with Crippen LogP contribution in [-0.4, -0.2) is 54.8 Å². The molecular weight excluding hydrogens is 504 g/mol. The van der Waals surface area contributed by atoms with Gasteiger partial charge in [0.05, 0.1) is 12.1 Å². The molecule has 0 amide bonds. The molecule has 9 heteroatoms. The standard InChI is InChI=1S/C13H20N2OSi.C10H12N2O.C4H8O.CH4.ClH/c1-15(2)12-8-6-11(7-9-12)13(10-14)16-17(3,4)5;1-12(2)9-5-3-8(4-6-9)10(13)7-11;1-2-4-5-3-1;;/h6-9,13H,1-5H3;3-6,10,13H,1-2H3;1-4H2;1H4;1H.